The van der Waals surface area contributed by atoms with E-state index >= 15 is 0 Å². The Morgan fingerprint density at radius 2 is 1.76 bits per heavy atom. The third kappa shape index (κ3) is 4.90. The molecular formula is C24H20Cl2N4O3. The van der Waals surface area contributed by atoms with Crippen molar-refractivity contribution in [2.75, 3.05) is 6.54 Å². The van der Waals surface area contributed by atoms with Gasteiger partial charge in [0.05, 0.1) is 27.2 Å². The molecule has 1 heterocycles. The Morgan fingerprint density at radius 3 is 2.42 bits per heavy atom. The van der Waals surface area contributed by atoms with Crippen molar-refractivity contribution in [1.82, 2.24) is 9.91 Å². The molecule has 0 unspecified atom stereocenters. The van der Waals surface area contributed by atoms with Crippen molar-refractivity contribution >= 4 is 40.5 Å². The van der Waals surface area contributed by atoms with E-state index in [0.29, 0.717) is 33.4 Å². The molecule has 1 fully saturated rings. The van der Waals surface area contributed by atoms with Crippen LogP contribution in [0.5, 0.6) is 0 Å². The summed E-state index contributed by atoms with van der Waals surface area (Å²) in [5, 5.41) is 17.7. The summed E-state index contributed by atoms with van der Waals surface area (Å²) in [6.07, 6.45) is -0.558. The molecule has 1 saturated heterocycles. The van der Waals surface area contributed by atoms with Crippen molar-refractivity contribution in [3.8, 4) is 0 Å². The van der Waals surface area contributed by atoms with Crippen LogP contribution in [-0.4, -0.2) is 33.0 Å². The first-order chi connectivity index (χ1) is 15.8. The van der Waals surface area contributed by atoms with E-state index < -0.39 is 11.1 Å². The number of benzene rings is 3. The van der Waals surface area contributed by atoms with E-state index in [9.17, 15) is 14.9 Å². The molecule has 0 N–H and O–H groups in total. The van der Waals surface area contributed by atoms with E-state index in [1.54, 1.807) is 31.2 Å². The van der Waals surface area contributed by atoms with Gasteiger partial charge in [-0.25, -0.2) is 5.01 Å². The molecule has 1 amide bonds. The predicted molar refractivity (Wildman–Crippen MR) is 128 cm³/mol. The number of carbonyl (C=O) groups is 1. The predicted octanol–water partition coefficient (Wildman–Crippen LogP) is 5.67. The van der Waals surface area contributed by atoms with Crippen LogP contribution >= 0.6 is 23.2 Å². The monoisotopic (exact) mass is 482 g/mol. The maximum Gasteiger partial charge on any atom is 0.269 e. The molecule has 3 aromatic rings. The van der Waals surface area contributed by atoms with E-state index in [0.717, 1.165) is 5.56 Å². The lowest BCUT2D eigenvalue weighted by Crippen LogP contribution is -2.29. The number of rotatable bonds is 6. The topological polar surface area (TPSA) is 79.0 Å². The van der Waals surface area contributed by atoms with E-state index in [1.165, 1.54) is 17.1 Å². The van der Waals surface area contributed by atoms with Crippen LogP contribution in [0.2, 0.25) is 10.0 Å². The van der Waals surface area contributed by atoms with Crippen molar-refractivity contribution in [3.05, 3.63) is 110 Å². The van der Waals surface area contributed by atoms with Crippen molar-refractivity contribution in [2.24, 2.45) is 5.10 Å². The lowest BCUT2D eigenvalue weighted by molar-refractivity contribution is -0.384. The first-order valence-electron chi connectivity index (χ1n) is 10.2. The summed E-state index contributed by atoms with van der Waals surface area (Å²) in [6, 6.07) is 21.2. The molecule has 0 spiro atoms. The average Bonchev–Trinajstić information content (AvgIpc) is 3.10. The molecule has 1 aliphatic rings. The molecule has 0 saturated carbocycles. The summed E-state index contributed by atoms with van der Waals surface area (Å²) in [5.74, 6) is -0.187. The maximum atomic E-state index is 13.1. The Kier molecular flexibility index (Phi) is 6.74. The van der Waals surface area contributed by atoms with Crippen molar-refractivity contribution < 1.29 is 9.72 Å². The zero-order chi connectivity index (χ0) is 23.5. The van der Waals surface area contributed by atoms with Crippen LogP contribution in [0.1, 0.15) is 29.8 Å². The van der Waals surface area contributed by atoms with Gasteiger partial charge in [-0.05, 0) is 36.2 Å². The molecule has 33 heavy (non-hydrogen) atoms. The van der Waals surface area contributed by atoms with Gasteiger partial charge < -0.3 is 0 Å². The van der Waals surface area contributed by atoms with Gasteiger partial charge in [0.15, 0.2) is 0 Å². The quantitative estimate of drug-likeness (QED) is 0.257. The summed E-state index contributed by atoms with van der Waals surface area (Å²) < 4.78 is 0. The number of amides is 1. The fourth-order valence-corrected chi connectivity index (χ4v) is 4.19. The van der Waals surface area contributed by atoms with Gasteiger partial charge in [-0.3, -0.25) is 19.8 Å². The lowest BCUT2D eigenvalue weighted by atomic mass is 10.1. The molecule has 9 heteroatoms. The molecule has 1 atom stereocenters. The van der Waals surface area contributed by atoms with Crippen LogP contribution in [0.15, 0.2) is 77.9 Å². The molecular weight excluding hydrogens is 463 g/mol. The summed E-state index contributed by atoms with van der Waals surface area (Å²) in [6.45, 7) is 2.42. The van der Waals surface area contributed by atoms with E-state index in [-0.39, 0.29) is 18.1 Å². The SMILES string of the molecule is C/C(=N/N1C(=O)CN(Cc2ccccc2)[C@H]1c1cccc(Cl)c1Cl)c1ccc([N+](=O)[O-])cc1. The third-order valence-electron chi connectivity index (χ3n) is 5.41. The van der Waals surface area contributed by atoms with Gasteiger partial charge in [0.25, 0.3) is 11.6 Å². The molecule has 3 aromatic carbocycles. The number of hydrogen-bond donors (Lipinski definition) is 0. The highest BCUT2D eigenvalue weighted by molar-refractivity contribution is 6.42. The van der Waals surface area contributed by atoms with Crippen molar-refractivity contribution in [3.63, 3.8) is 0 Å². The summed E-state index contributed by atoms with van der Waals surface area (Å²) in [4.78, 5) is 25.5. The highest BCUT2D eigenvalue weighted by Gasteiger charge is 2.40. The Bertz CT molecular complexity index is 1220. The zero-order valence-electron chi connectivity index (χ0n) is 17.7. The smallest absolute Gasteiger partial charge is 0.269 e. The number of hydrazone groups is 1. The molecule has 0 aromatic heterocycles. The Labute approximate surface area is 201 Å². The van der Waals surface area contributed by atoms with Gasteiger partial charge in [0.2, 0.25) is 0 Å². The lowest BCUT2D eigenvalue weighted by Gasteiger charge is -2.28. The highest BCUT2D eigenvalue weighted by atomic mass is 35.5. The normalized spacial score (nSPS) is 16.9. The Morgan fingerprint density at radius 1 is 1.06 bits per heavy atom. The van der Waals surface area contributed by atoms with Crippen molar-refractivity contribution in [2.45, 2.75) is 19.6 Å². The highest BCUT2D eigenvalue weighted by Crippen LogP contribution is 2.39. The van der Waals surface area contributed by atoms with Crippen LogP contribution in [0.3, 0.4) is 0 Å². The molecule has 7 nitrogen and oxygen atoms in total. The van der Waals surface area contributed by atoms with Crippen molar-refractivity contribution in [1.29, 1.82) is 0 Å². The number of halogens is 2. The molecule has 4 rings (SSSR count). The average molecular weight is 483 g/mol. The van der Waals surface area contributed by atoms with Gasteiger partial charge in [-0.2, -0.15) is 5.10 Å². The first kappa shape index (κ1) is 22.9. The van der Waals surface area contributed by atoms with E-state index in [4.69, 9.17) is 23.2 Å². The minimum Gasteiger partial charge on any atom is -0.271 e. The summed E-state index contributed by atoms with van der Waals surface area (Å²) >= 11 is 12.8. The number of non-ortho nitro benzene ring substituents is 1. The van der Waals surface area contributed by atoms with Gasteiger partial charge in [0, 0.05) is 24.2 Å². The van der Waals surface area contributed by atoms with Crippen LogP contribution in [0.4, 0.5) is 5.69 Å². The van der Waals surface area contributed by atoms with E-state index in [1.807, 2.05) is 41.3 Å². The number of nitro groups is 1. The molecule has 168 valence electrons. The molecule has 0 radical (unpaired) electrons. The molecule has 0 bridgehead atoms. The largest absolute Gasteiger partial charge is 0.271 e. The van der Waals surface area contributed by atoms with Crippen LogP contribution in [0, 0.1) is 10.1 Å². The minimum atomic E-state index is -0.558. The number of hydrogen-bond acceptors (Lipinski definition) is 5. The third-order valence-corrected chi connectivity index (χ3v) is 6.25. The number of carbonyl (C=O) groups excluding carboxylic acids is 1. The maximum absolute atomic E-state index is 13.1. The first-order valence-corrected chi connectivity index (χ1v) is 10.9. The second-order valence-electron chi connectivity index (χ2n) is 7.63. The molecule has 1 aliphatic heterocycles. The summed E-state index contributed by atoms with van der Waals surface area (Å²) in [5.41, 5.74) is 2.92. The fraction of sp³-hybridized carbons (Fsp3) is 0.167. The summed E-state index contributed by atoms with van der Waals surface area (Å²) in [7, 11) is 0. The number of nitrogens with zero attached hydrogens (tertiary/aromatic N) is 4. The van der Waals surface area contributed by atoms with Crippen LogP contribution < -0.4 is 0 Å². The second-order valence-corrected chi connectivity index (χ2v) is 8.42. The molecule has 0 aliphatic carbocycles. The van der Waals surface area contributed by atoms with Gasteiger partial charge in [-0.1, -0.05) is 65.7 Å². The van der Waals surface area contributed by atoms with Gasteiger partial charge in [-0.15, -0.1) is 0 Å². The zero-order valence-corrected chi connectivity index (χ0v) is 19.2. The van der Waals surface area contributed by atoms with Gasteiger partial charge >= 0.3 is 0 Å². The van der Waals surface area contributed by atoms with Gasteiger partial charge in [0.1, 0.15) is 6.17 Å². The van der Waals surface area contributed by atoms with Crippen LogP contribution in [0.25, 0.3) is 0 Å². The second kappa shape index (κ2) is 9.70. The Hall–Kier alpha value is -3.26. The standard InChI is InChI=1S/C24H20Cl2N4O3/c1-16(18-10-12-19(13-11-18)30(32)33)27-29-22(31)15-28(14-17-6-3-2-4-7-17)24(29)20-8-5-9-21(25)23(20)26/h2-13,24H,14-15H2,1H3/b27-16-/t24-/m1/s1. The van der Waals surface area contributed by atoms with E-state index in [2.05, 4.69) is 5.10 Å². The number of nitro benzene ring substituents is 1. The minimum absolute atomic E-state index is 0.0126. The Balaban J connectivity index is 1.72. The van der Waals surface area contributed by atoms with Crippen LogP contribution in [-0.2, 0) is 11.3 Å². The fourth-order valence-electron chi connectivity index (χ4n) is 3.79.